The smallest absolute Gasteiger partial charge is 0.201 e. The summed E-state index contributed by atoms with van der Waals surface area (Å²) in [7, 11) is 10.6. The van der Waals surface area contributed by atoms with E-state index >= 15 is 0 Å². The lowest BCUT2D eigenvalue weighted by Crippen LogP contribution is -2.30. The van der Waals surface area contributed by atoms with Gasteiger partial charge in [-0.05, 0) is 267 Å². The Bertz CT molecular complexity index is 8450. The van der Waals surface area contributed by atoms with Gasteiger partial charge in [0.05, 0.1) is 22.3 Å². The first-order valence-electron chi connectivity index (χ1n) is 53.1. The van der Waals surface area contributed by atoms with Crippen molar-refractivity contribution in [1.29, 1.82) is 0 Å². The minimum Gasteiger partial charge on any atom is -0.201 e. The summed E-state index contributed by atoms with van der Waals surface area (Å²) in [6.45, 7) is 51.1. The van der Waals surface area contributed by atoms with Gasteiger partial charge < -0.3 is 0 Å². The average Bonchev–Trinajstić information content (AvgIpc) is 0.728. The lowest BCUT2D eigenvalue weighted by molar-refractivity contribution is -0.660. The van der Waals surface area contributed by atoms with Crippen LogP contribution in [0.2, 0.25) is 0 Å². The minimum absolute atomic E-state index is 1.24. The number of aromatic nitrogens is 5. The van der Waals surface area contributed by atoms with Gasteiger partial charge in [-0.15, -0.1) is 0 Å². The summed E-state index contributed by atoms with van der Waals surface area (Å²) in [6, 6.07) is 130. The SMILES string of the molecule is CC.CC.CC.CC.CC.CC.CC.CC.CC.CC.Cc1c(-c2cccc[n+]2C)c2cccc3ccc4cccc1c4c32.Cc1c(-c2cccc[n+]2C)cc2ccc3cccc4ccc1c2c34.Cc1cc2c3ccccc3c3ccccc3c2cc1-c1cccc[n+]1C.Cc1cc2ccc3cccc4ccc(c1-c1cccc[n+]1C)c2c34.Cc1ccc2c3ccccc3c3ccccc3c2c1-c1cccc[n+]1C. The zero-order valence-electron chi connectivity index (χ0n) is 91.7. The second-order valence-electron chi connectivity index (χ2n) is 33.8. The van der Waals surface area contributed by atoms with Crippen molar-refractivity contribution in [3.63, 3.8) is 0 Å². The zero-order chi connectivity index (χ0) is 104. The first-order valence-corrected chi connectivity index (χ1v) is 53.1. The fourth-order valence-corrected chi connectivity index (χ4v) is 20.6. The number of pyridine rings is 5. The van der Waals surface area contributed by atoms with Crippen LogP contribution in [0.4, 0.5) is 0 Å². The van der Waals surface area contributed by atoms with Crippen molar-refractivity contribution in [3.05, 3.63) is 417 Å². The lowest BCUT2D eigenvalue weighted by atomic mass is 9.86. The third kappa shape index (κ3) is 21.5. The lowest BCUT2D eigenvalue weighted by Gasteiger charge is -2.16. The molecule has 0 unspecified atom stereocenters. The van der Waals surface area contributed by atoms with Crippen LogP contribution in [0.3, 0.4) is 0 Å². The molecule has 0 radical (unpaired) electrons. The number of nitrogens with zero attached hydrogens (tertiary/aromatic N) is 5. The van der Waals surface area contributed by atoms with Crippen LogP contribution in [0.5, 0.6) is 0 Å². The maximum atomic E-state index is 2.37. The van der Waals surface area contributed by atoms with Gasteiger partial charge in [-0.1, -0.05) is 387 Å². The summed E-state index contributed by atoms with van der Waals surface area (Å²) in [5.41, 5.74) is 19.5. The van der Waals surface area contributed by atoms with E-state index in [9.17, 15) is 0 Å². The van der Waals surface area contributed by atoms with E-state index in [2.05, 4.69) is 482 Å². The highest BCUT2D eigenvalue weighted by Gasteiger charge is 2.26. The first-order chi connectivity index (χ1) is 70.7. The maximum Gasteiger partial charge on any atom is 0.213 e. The van der Waals surface area contributed by atoms with Crippen molar-refractivity contribution >= 4 is 162 Å². The summed E-state index contributed by atoms with van der Waals surface area (Å²) in [6.07, 6.45) is 10.6. The van der Waals surface area contributed by atoms with E-state index in [0.29, 0.717) is 0 Å². The van der Waals surface area contributed by atoms with E-state index in [-0.39, 0.29) is 0 Å². The number of benzene rings is 20. The molecular weight excluding hydrogens is 1740 g/mol. The van der Waals surface area contributed by atoms with Crippen LogP contribution in [0, 0.1) is 34.6 Å². The third-order valence-corrected chi connectivity index (χ3v) is 26.5. The summed E-state index contributed by atoms with van der Waals surface area (Å²) in [5.74, 6) is 0. The molecule has 0 saturated heterocycles. The highest BCUT2D eigenvalue weighted by atomic mass is 14.9. The Balaban J connectivity index is 0.000000164. The molecule has 0 atom stereocenters. The minimum atomic E-state index is 1.24. The molecule has 0 aliphatic heterocycles. The van der Waals surface area contributed by atoms with Crippen LogP contribution in [-0.4, -0.2) is 0 Å². The van der Waals surface area contributed by atoms with Crippen molar-refractivity contribution in [1.82, 2.24) is 0 Å². The molecule has 144 heavy (non-hydrogen) atoms. The molecule has 5 aromatic heterocycles. The topological polar surface area (TPSA) is 19.4 Å². The van der Waals surface area contributed by atoms with Crippen molar-refractivity contribution < 1.29 is 22.8 Å². The Labute approximate surface area is 859 Å². The first kappa shape index (κ1) is 109. The molecule has 5 nitrogen and oxygen atoms in total. The van der Waals surface area contributed by atoms with Crippen LogP contribution in [0.1, 0.15) is 166 Å². The summed E-state index contributed by atoms with van der Waals surface area (Å²) in [5, 5.41) is 40.2. The van der Waals surface area contributed by atoms with Crippen molar-refractivity contribution in [3.8, 4) is 56.3 Å². The van der Waals surface area contributed by atoms with Crippen LogP contribution < -0.4 is 22.8 Å². The van der Waals surface area contributed by atoms with Gasteiger partial charge in [-0.3, -0.25) is 0 Å². The molecule has 0 bridgehead atoms. The third-order valence-electron chi connectivity index (χ3n) is 26.5. The predicted molar refractivity (Wildman–Crippen MR) is 639 cm³/mol. The Kier molecular flexibility index (Phi) is 39.5. The van der Waals surface area contributed by atoms with Gasteiger partial charge >= 0.3 is 0 Å². The number of fused-ring (bicyclic) bond motifs is 12. The molecule has 5 heterocycles. The molecule has 0 amide bonds. The van der Waals surface area contributed by atoms with E-state index in [1.165, 1.54) is 246 Å². The maximum absolute atomic E-state index is 2.37. The zero-order valence-corrected chi connectivity index (χ0v) is 91.7. The van der Waals surface area contributed by atoms with E-state index in [1.807, 2.05) is 138 Å². The van der Waals surface area contributed by atoms with Crippen LogP contribution in [-0.2, 0) is 35.2 Å². The number of hydrogen-bond donors (Lipinski definition) is 0. The van der Waals surface area contributed by atoms with Crippen molar-refractivity contribution in [2.45, 2.75) is 173 Å². The Morgan fingerprint density at radius 2 is 0.396 bits per heavy atom. The largest absolute Gasteiger partial charge is 0.213 e. The molecule has 0 aliphatic carbocycles. The van der Waals surface area contributed by atoms with Crippen LogP contribution in [0.25, 0.3) is 218 Å². The Morgan fingerprint density at radius 1 is 0.139 bits per heavy atom. The second-order valence-corrected chi connectivity index (χ2v) is 33.8. The van der Waals surface area contributed by atoms with Gasteiger partial charge in [-0.2, -0.15) is 0 Å². The number of aryl methyl sites for hydroxylation is 10. The molecule has 0 N–H and O–H groups in total. The van der Waals surface area contributed by atoms with Gasteiger partial charge in [-0.25, -0.2) is 22.8 Å². The molecule has 0 saturated carbocycles. The molecule has 0 spiro atoms. The van der Waals surface area contributed by atoms with Gasteiger partial charge in [0.1, 0.15) is 35.2 Å². The standard InChI is InChI=1S/2C25H20N.3C23H18N.10C2H6/c1-17-15-23-20-11-5-3-9-18(20)19-10-4-6-12-21(19)24(23)16-22(17)25-13-7-8-14-26(25)2;1-17-14-15-22-20-11-4-3-9-18(20)19-10-5-6-12-21(19)25(22)24(17)23-13-7-8-16-26(23)2;1-15-18-9-5-7-16-12-13-17-8-6-10-19(23(17)22(16)18)21(15)20-11-3-4-14-24(20)2;1-15-19-12-11-17-7-5-6-16-9-10-18(23(19)22(16)17)14-20(15)21-8-3-4-13-24(21)2;1-15-14-18-10-9-16-6-5-7-17-11-12-19(23(18)22(16)17)21(15)20-8-3-4-13-24(20)2;10*1-2/h2*3-16H,1-2H3;3*3-14H,1-2H3;10*1-2H3/q5*+1;;;;;;;;;;. The molecule has 20 aromatic carbocycles. The van der Waals surface area contributed by atoms with Crippen LogP contribution >= 0.6 is 0 Å². The molecule has 0 aliphatic rings. The molecule has 0 fully saturated rings. The van der Waals surface area contributed by atoms with Crippen molar-refractivity contribution in [2.75, 3.05) is 0 Å². The second kappa shape index (κ2) is 52.0. The normalized spacial score (nSPS) is 10.4. The molecular formula is C139H154N5+5. The summed E-state index contributed by atoms with van der Waals surface area (Å²) < 4.78 is 11.0. The Hall–Kier alpha value is -15.2. The quantitative estimate of drug-likeness (QED) is 0.121. The monoisotopic (exact) mass is 1890 g/mol. The summed E-state index contributed by atoms with van der Waals surface area (Å²) in [4.78, 5) is 0. The van der Waals surface area contributed by atoms with Gasteiger partial charge in [0.2, 0.25) is 28.5 Å². The summed E-state index contributed by atoms with van der Waals surface area (Å²) >= 11 is 0. The number of rotatable bonds is 5. The molecule has 25 rings (SSSR count). The number of hydrogen-bond acceptors (Lipinski definition) is 0. The predicted octanol–water partition coefficient (Wildman–Crippen LogP) is 38.3. The van der Waals surface area contributed by atoms with E-state index in [1.54, 1.807) is 0 Å². The van der Waals surface area contributed by atoms with E-state index in [4.69, 9.17) is 0 Å². The van der Waals surface area contributed by atoms with Gasteiger partial charge in [0.25, 0.3) is 0 Å². The molecule has 25 aromatic rings. The van der Waals surface area contributed by atoms with Gasteiger partial charge in [0, 0.05) is 71.6 Å². The highest BCUT2D eigenvalue weighted by Crippen LogP contribution is 2.47. The van der Waals surface area contributed by atoms with Crippen LogP contribution in [0.15, 0.2) is 389 Å². The van der Waals surface area contributed by atoms with Gasteiger partial charge in [0.15, 0.2) is 31.0 Å². The van der Waals surface area contributed by atoms with Crippen molar-refractivity contribution in [2.24, 2.45) is 35.2 Å². The van der Waals surface area contributed by atoms with E-state index in [0.717, 1.165) is 0 Å². The van der Waals surface area contributed by atoms with E-state index < -0.39 is 0 Å². The molecule has 730 valence electrons. The fraction of sp³-hybridized carbons (Fsp3) is 0.216. The average molecular weight is 1890 g/mol. The highest BCUT2D eigenvalue weighted by molar-refractivity contribution is 6.32. The Morgan fingerprint density at radius 3 is 0.812 bits per heavy atom. The molecule has 5 heteroatoms. The fourth-order valence-electron chi connectivity index (χ4n) is 20.6.